The summed E-state index contributed by atoms with van der Waals surface area (Å²) in [6, 6.07) is 6.58. The van der Waals surface area contributed by atoms with Crippen LogP contribution in [0.5, 0.6) is 0 Å². The van der Waals surface area contributed by atoms with Gasteiger partial charge in [0.2, 0.25) is 11.8 Å². The van der Waals surface area contributed by atoms with Crippen molar-refractivity contribution in [3.05, 3.63) is 35.6 Å². The van der Waals surface area contributed by atoms with Crippen LogP contribution in [0.15, 0.2) is 24.3 Å². The van der Waals surface area contributed by atoms with Crippen LogP contribution in [0, 0.1) is 5.82 Å². The maximum absolute atomic E-state index is 13.4. The Morgan fingerprint density at radius 1 is 1.31 bits per heavy atom. The van der Waals surface area contributed by atoms with E-state index >= 15 is 0 Å². The Bertz CT molecular complexity index is 751. The average molecular weight is 407 g/mol. The third-order valence-electron chi connectivity index (χ3n) is 6.03. The molecule has 3 N–H and O–H groups in total. The molecule has 2 amide bonds. The molecular weight excluding hydrogens is 377 g/mol. The number of nitrogens with one attached hydrogen (secondary N) is 2. The van der Waals surface area contributed by atoms with Gasteiger partial charge in [-0.15, -0.1) is 0 Å². The van der Waals surface area contributed by atoms with Crippen molar-refractivity contribution >= 4 is 11.8 Å². The predicted octanol–water partition coefficient (Wildman–Crippen LogP) is 0.953. The summed E-state index contributed by atoms with van der Waals surface area (Å²) in [6.07, 6.45) is 0.886. The van der Waals surface area contributed by atoms with Gasteiger partial charge < -0.3 is 20.5 Å². The molecule has 2 fully saturated rings. The fourth-order valence-electron chi connectivity index (χ4n) is 4.36. The van der Waals surface area contributed by atoms with Crippen LogP contribution in [0.4, 0.5) is 4.39 Å². The monoisotopic (exact) mass is 407 g/mol. The van der Waals surface area contributed by atoms with Crippen molar-refractivity contribution in [1.29, 1.82) is 0 Å². The van der Waals surface area contributed by atoms with Gasteiger partial charge in [0.05, 0.1) is 17.7 Å². The van der Waals surface area contributed by atoms with Crippen LogP contribution in [0.3, 0.4) is 0 Å². The second-order valence-corrected chi connectivity index (χ2v) is 8.35. The molecule has 0 radical (unpaired) electrons. The van der Waals surface area contributed by atoms with Gasteiger partial charge in [0.25, 0.3) is 0 Å². The summed E-state index contributed by atoms with van der Waals surface area (Å²) in [6.45, 7) is 5.57. The number of aliphatic hydroxyl groups excluding tert-OH is 1. The van der Waals surface area contributed by atoms with Crippen LogP contribution >= 0.6 is 0 Å². The maximum atomic E-state index is 13.4. The van der Waals surface area contributed by atoms with Crippen molar-refractivity contribution in [3.8, 4) is 0 Å². The number of hydrogen-bond donors (Lipinski definition) is 3. The number of aliphatic hydroxyl groups is 1. The fraction of sp³-hybridized carbons (Fsp3) is 0.619. The Hall–Kier alpha value is -2.03. The van der Waals surface area contributed by atoms with Crippen molar-refractivity contribution in [3.63, 3.8) is 0 Å². The molecule has 2 atom stereocenters. The molecule has 1 aromatic rings. The van der Waals surface area contributed by atoms with Gasteiger partial charge in [0.15, 0.2) is 0 Å². The van der Waals surface area contributed by atoms with Gasteiger partial charge in [0, 0.05) is 33.2 Å². The summed E-state index contributed by atoms with van der Waals surface area (Å²) in [5.74, 6) is -0.852. The number of ether oxygens (including phenoxy) is 1. The molecule has 2 aliphatic rings. The zero-order valence-corrected chi connectivity index (χ0v) is 17.0. The Labute approximate surface area is 170 Å². The number of amides is 2. The van der Waals surface area contributed by atoms with Crippen molar-refractivity contribution in [2.24, 2.45) is 0 Å². The van der Waals surface area contributed by atoms with Gasteiger partial charge in [-0.05, 0) is 43.9 Å². The number of benzene rings is 1. The standard InChI is InChI=1S/C21H30FN3O4/c1-15(26)23-13-18(27)24-20(2)8-11-29-21(19(20)28)6-9-25(10-7-21)14-16-4-3-5-17(22)12-16/h3-5,12,19,28H,6-11,13-14H2,1-2H3,(H,23,26)(H,24,27)/t19-,20+/m1/s1. The third-order valence-corrected chi connectivity index (χ3v) is 6.03. The largest absolute Gasteiger partial charge is 0.388 e. The first-order valence-corrected chi connectivity index (χ1v) is 10.1. The first kappa shape index (κ1) is 21.7. The fourth-order valence-corrected chi connectivity index (χ4v) is 4.36. The van der Waals surface area contributed by atoms with Gasteiger partial charge >= 0.3 is 0 Å². The summed E-state index contributed by atoms with van der Waals surface area (Å²) < 4.78 is 19.5. The molecule has 0 bridgehead atoms. The minimum atomic E-state index is -0.860. The lowest BCUT2D eigenvalue weighted by molar-refractivity contribution is -0.208. The summed E-state index contributed by atoms with van der Waals surface area (Å²) in [5, 5.41) is 16.5. The van der Waals surface area contributed by atoms with Crippen LogP contribution in [0.25, 0.3) is 0 Å². The van der Waals surface area contributed by atoms with E-state index < -0.39 is 17.2 Å². The first-order chi connectivity index (χ1) is 13.7. The quantitative estimate of drug-likeness (QED) is 0.676. The molecule has 2 aliphatic heterocycles. The lowest BCUT2D eigenvalue weighted by Crippen LogP contribution is -2.69. The van der Waals surface area contributed by atoms with E-state index in [1.54, 1.807) is 6.07 Å². The molecule has 0 unspecified atom stereocenters. The smallest absolute Gasteiger partial charge is 0.239 e. The topological polar surface area (TPSA) is 90.9 Å². The van der Waals surface area contributed by atoms with Gasteiger partial charge in [-0.1, -0.05) is 12.1 Å². The summed E-state index contributed by atoms with van der Waals surface area (Å²) >= 11 is 0. The van der Waals surface area contributed by atoms with E-state index in [9.17, 15) is 19.1 Å². The van der Waals surface area contributed by atoms with E-state index in [-0.39, 0.29) is 24.2 Å². The Kier molecular flexibility index (Phi) is 6.55. The molecule has 160 valence electrons. The van der Waals surface area contributed by atoms with Crippen molar-refractivity contribution in [1.82, 2.24) is 15.5 Å². The number of nitrogens with zero attached hydrogens (tertiary/aromatic N) is 1. The van der Waals surface area contributed by atoms with E-state index in [4.69, 9.17) is 4.74 Å². The predicted molar refractivity (Wildman–Crippen MR) is 105 cm³/mol. The maximum Gasteiger partial charge on any atom is 0.239 e. The number of carbonyl (C=O) groups is 2. The van der Waals surface area contributed by atoms with Crippen molar-refractivity contribution in [2.45, 2.75) is 56.9 Å². The number of piperidine rings is 1. The molecule has 3 rings (SSSR count). The molecule has 1 spiro atoms. The molecule has 2 heterocycles. The highest BCUT2D eigenvalue weighted by Gasteiger charge is 2.53. The van der Waals surface area contributed by atoms with E-state index in [1.807, 2.05) is 13.0 Å². The molecule has 1 aromatic carbocycles. The van der Waals surface area contributed by atoms with Crippen LogP contribution in [0.2, 0.25) is 0 Å². The van der Waals surface area contributed by atoms with Gasteiger partial charge in [-0.2, -0.15) is 0 Å². The number of halogens is 1. The van der Waals surface area contributed by atoms with Crippen LogP contribution in [0.1, 0.15) is 38.7 Å². The van der Waals surface area contributed by atoms with E-state index in [2.05, 4.69) is 15.5 Å². The Morgan fingerprint density at radius 3 is 2.69 bits per heavy atom. The molecule has 0 saturated carbocycles. The molecule has 8 heteroatoms. The van der Waals surface area contributed by atoms with E-state index in [0.29, 0.717) is 45.5 Å². The lowest BCUT2D eigenvalue weighted by Gasteiger charge is -2.53. The van der Waals surface area contributed by atoms with Gasteiger partial charge in [-0.25, -0.2) is 4.39 Å². The first-order valence-electron chi connectivity index (χ1n) is 10.1. The molecule has 2 saturated heterocycles. The normalized spacial score (nSPS) is 26.8. The molecule has 0 aliphatic carbocycles. The minimum absolute atomic E-state index is 0.118. The Balaban J connectivity index is 1.60. The second-order valence-electron chi connectivity index (χ2n) is 8.35. The van der Waals surface area contributed by atoms with Crippen molar-refractivity contribution < 1.29 is 23.8 Å². The van der Waals surface area contributed by atoms with Gasteiger partial charge in [-0.3, -0.25) is 14.5 Å². The number of likely N-dealkylation sites (tertiary alicyclic amines) is 1. The summed E-state index contributed by atoms with van der Waals surface area (Å²) in [5.41, 5.74) is -0.619. The highest BCUT2D eigenvalue weighted by Crippen LogP contribution is 2.40. The van der Waals surface area contributed by atoms with E-state index in [0.717, 1.165) is 5.56 Å². The highest BCUT2D eigenvalue weighted by atomic mass is 19.1. The number of hydrogen-bond acceptors (Lipinski definition) is 5. The van der Waals surface area contributed by atoms with Crippen LogP contribution in [-0.4, -0.2) is 65.3 Å². The SMILES string of the molecule is CC(=O)NCC(=O)N[C@@]1(C)CCOC2(CCN(Cc3cccc(F)c3)CC2)[C@@H]1O. The third kappa shape index (κ3) is 5.12. The van der Waals surface area contributed by atoms with Crippen LogP contribution < -0.4 is 10.6 Å². The van der Waals surface area contributed by atoms with Crippen molar-refractivity contribution in [2.75, 3.05) is 26.2 Å². The number of rotatable bonds is 5. The molecule has 0 aromatic heterocycles. The van der Waals surface area contributed by atoms with Gasteiger partial charge in [0.1, 0.15) is 11.9 Å². The molecule has 29 heavy (non-hydrogen) atoms. The lowest BCUT2D eigenvalue weighted by atomic mass is 9.73. The summed E-state index contributed by atoms with van der Waals surface area (Å²) in [4.78, 5) is 25.4. The van der Waals surface area contributed by atoms with E-state index in [1.165, 1.54) is 19.1 Å². The molecule has 7 nitrogen and oxygen atoms in total. The molecular formula is C21H30FN3O4. The zero-order valence-electron chi connectivity index (χ0n) is 17.0. The summed E-state index contributed by atoms with van der Waals surface area (Å²) in [7, 11) is 0. The second kappa shape index (κ2) is 8.77. The number of carbonyl (C=O) groups excluding carboxylic acids is 2. The average Bonchev–Trinajstić information content (AvgIpc) is 2.66. The zero-order chi connectivity index (χ0) is 21.1. The highest BCUT2D eigenvalue weighted by molar-refractivity contribution is 5.84. The van der Waals surface area contributed by atoms with Crippen LogP contribution in [-0.2, 0) is 20.9 Å². The Morgan fingerprint density at radius 2 is 2.03 bits per heavy atom. The minimum Gasteiger partial charge on any atom is -0.388 e.